The highest BCUT2D eigenvalue weighted by Crippen LogP contribution is 2.29. The van der Waals surface area contributed by atoms with E-state index in [4.69, 9.17) is 4.74 Å². The monoisotopic (exact) mass is 493 g/mol. The quantitative estimate of drug-likeness (QED) is 0.562. The number of piperidine rings is 1. The van der Waals surface area contributed by atoms with Crippen LogP contribution in [0.3, 0.4) is 0 Å². The highest BCUT2D eigenvalue weighted by atomic mass is 32.2. The van der Waals surface area contributed by atoms with E-state index in [1.54, 1.807) is 20.8 Å². The maximum Gasteiger partial charge on any atom is 0.309 e. The fourth-order valence-corrected chi connectivity index (χ4v) is 5.53. The van der Waals surface area contributed by atoms with Gasteiger partial charge in [0.1, 0.15) is 0 Å². The van der Waals surface area contributed by atoms with Crippen molar-refractivity contribution in [2.24, 2.45) is 11.8 Å². The minimum absolute atomic E-state index is 0.0138. The smallest absolute Gasteiger partial charge is 0.309 e. The molecule has 1 aromatic rings. The van der Waals surface area contributed by atoms with E-state index in [1.807, 2.05) is 31.2 Å². The Morgan fingerprint density at radius 2 is 1.56 bits per heavy atom. The number of carbonyl (C=O) groups is 2. The van der Waals surface area contributed by atoms with Gasteiger partial charge in [0.05, 0.1) is 17.3 Å². The lowest BCUT2D eigenvalue weighted by molar-refractivity contribution is -0.148. The normalized spacial score (nSPS) is 22.3. The summed E-state index contributed by atoms with van der Waals surface area (Å²) in [5, 5.41) is 3.01. The molecule has 0 radical (unpaired) electrons. The number of esters is 1. The predicted octanol–water partition coefficient (Wildman–Crippen LogP) is 3.68. The van der Waals surface area contributed by atoms with E-state index in [0.29, 0.717) is 32.3 Å². The minimum atomic E-state index is -3.38. The number of ether oxygens (including phenoxy) is 1. The highest BCUT2D eigenvalue weighted by molar-refractivity contribution is 7.90. The summed E-state index contributed by atoms with van der Waals surface area (Å²) >= 11 is 0. The van der Waals surface area contributed by atoms with E-state index < -0.39 is 14.8 Å². The van der Waals surface area contributed by atoms with Crippen molar-refractivity contribution < 1.29 is 22.7 Å². The Kier molecular flexibility index (Phi) is 8.62. The van der Waals surface area contributed by atoms with Crippen LogP contribution in [0, 0.1) is 11.8 Å². The van der Waals surface area contributed by atoms with Gasteiger partial charge in [0.25, 0.3) is 0 Å². The lowest BCUT2D eigenvalue weighted by Gasteiger charge is -2.32. The van der Waals surface area contributed by atoms with Crippen LogP contribution >= 0.6 is 0 Å². The van der Waals surface area contributed by atoms with E-state index in [-0.39, 0.29) is 29.8 Å². The number of anilines is 2. The summed E-state index contributed by atoms with van der Waals surface area (Å²) in [6.07, 6.45) is 4.22. The number of amides is 1. The summed E-state index contributed by atoms with van der Waals surface area (Å²) in [5.74, 6) is -0.244. The average Bonchev–Trinajstić information content (AvgIpc) is 2.79. The third kappa shape index (κ3) is 6.72. The summed E-state index contributed by atoms with van der Waals surface area (Å²) < 4.78 is 31.9. The average molecular weight is 494 g/mol. The lowest BCUT2D eigenvalue weighted by Crippen LogP contribution is -2.46. The molecule has 190 valence electrons. The molecular weight excluding hydrogens is 454 g/mol. The third-order valence-electron chi connectivity index (χ3n) is 6.84. The van der Waals surface area contributed by atoms with Crippen LogP contribution in [0.15, 0.2) is 24.3 Å². The number of sulfonamides is 1. The molecule has 1 aliphatic heterocycles. The highest BCUT2D eigenvalue weighted by Gasteiger charge is 2.34. The molecule has 34 heavy (non-hydrogen) atoms. The molecule has 2 N–H and O–H groups in total. The molecule has 8 nitrogen and oxygen atoms in total. The number of nitrogens with one attached hydrogen (secondary N) is 2. The molecule has 3 rings (SSSR count). The maximum atomic E-state index is 12.8. The first-order valence-corrected chi connectivity index (χ1v) is 13.8. The zero-order valence-corrected chi connectivity index (χ0v) is 21.6. The Labute approximate surface area is 203 Å². The summed E-state index contributed by atoms with van der Waals surface area (Å²) in [6, 6.07) is 7.71. The summed E-state index contributed by atoms with van der Waals surface area (Å²) in [4.78, 5) is 26.9. The molecule has 1 saturated heterocycles. The van der Waals surface area contributed by atoms with E-state index >= 15 is 0 Å². The van der Waals surface area contributed by atoms with Crippen molar-refractivity contribution >= 4 is 33.3 Å². The SMILES string of the molecule is CCOC(=O)C1CCN(c2ccc(NC(=O)C3CCC(NS(=O)(=O)C(C)(C)C)CC3)cc2)CC1. The van der Waals surface area contributed by atoms with Gasteiger partial charge < -0.3 is 15.0 Å². The molecule has 0 aromatic heterocycles. The fourth-order valence-electron chi connectivity index (χ4n) is 4.50. The first-order chi connectivity index (χ1) is 16.0. The first kappa shape index (κ1) is 26.5. The zero-order valence-electron chi connectivity index (χ0n) is 20.8. The Hall–Kier alpha value is -2.13. The molecule has 0 unspecified atom stereocenters. The predicted molar refractivity (Wildman–Crippen MR) is 134 cm³/mol. The number of carbonyl (C=O) groups excluding carboxylic acids is 2. The lowest BCUT2D eigenvalue weighted by atomic mass is 9.86. The van der Waals surface area contributed by atoms with Crippen molar-refractivity contribution in [3.63, 3.8) is 0 Å². The Morgan fingerprint density at radius 3 is 2.09 bits per heavy atom. The van der Waals surface area contributed by atoms with Gasteiger partial charge >= 0.3 is 5.97 Å². The fraction of sp³-hybridized carbons (Fsp3) is 0.680. The van der Waals surface area contributed by atoms with Crippen molar-refractivity contribution in [2.45, 2.75) is 77.0 Å². The largest absolute Gasteiger partial charge is 0.466 e. The van der Waals surface area contributed by atoms with Crippen molar-refractivity contribution in [1.82, 2.24) is 4.72 Å². The van der Waals surface area contributed by atoms with Gasteiger partial charge in [-0.1, -0.05) is 0 Å². The van der Waals surface area contributed by atoms with E-state index in [1.165, 1.54) is 0 Å². The molecular formula is C25H39N3O5S. The van der Waals surface area contributed by atoms with Crippen LogP contribution in [0.1, 0.15) is 66.2 Å². The molecule has 2 fully saturated rings. The summed E-state index contributed by atoms with van der Waals surface area (Å²) in [6.45, 7) is 8.91. The molecule has 1 amide bonds. The van der Waals surface area contributed by atoms with Gasteiger partial charge in [0, 0.05) is 36.4 Å². The van der Waals surface area contributed by atoms with Gasteiger partial charge in [-0.2, -0.15) is 0 Å². The molecule has 1 saturated carbocycles. The molecule has 1 aromatic carbocycles. The van der Waals surface area contributed by atoms with Crippen LogP contribution in [-0.2, 0) is 24.3 Å². The van der Waals surface area contributed by atoms with Crippen molar-refractivity contribution in [2.75, 3.05) is 29.9 Å². The van der Waals surface area contributed by atoms with Crippen molar-refractivity contribution in [1.29, 1.82) is 0 Å². The molecule has 0 atom stereocenters. The second kappa shape index (κ2) is 11.1. The second-order valence-electron chi connectivity index (χ2n) is 10.3. The van der Waals surface area contributed by atoms with Crippen LogP contribution in [-0.4, -0.2) is 50.8 Å². The van der Waals surface area contributed by atoms with Crippen LogP contribution in [0.4, 0.5) is 11.4 Å². The molecule has 1 heterocycles. The van der Waals surface area contributed by atoms with Crippen molar-refractivity contribution in [3.8, 4) is 0 Å². The zero-order chi connectivity index (χ0) is 24.9. The van der Waals surface area contributed by atoms with Gasteiger partial charge in [-0.25, -0.2) is 13.1 Å². The molecule has 0 spiro atoms. The van der Waals surface area contributed by atoms with Crippen molar-refractivity contribution in [3.05, 3.63) is 24.3 Å². The summed E-state index contributed by atoms with van der Waals surface area (Å²) in [7, 11) is -3.38. The van der Waals surface area contributed by atoms with E-state index in [2.05, 4.69) is 14.9 Å². The Morgan fingerprint density at radius 1 is 0.971 bits per heavy atom. The minimum Gasteiger partial charge on any atom is -0.466 e. The number of nitrogens with zero attached hydrogens (tertiary/aromatic N) is 1. The number of benzene rings is 1. The van der Waals surface area contributed by atoms with Crippen LogP contribution < -0.4 is 14.9 Å². The van der Waals surface area contributed by atoms with Gasteiger partial charge in [0.2, 0.25) is 15.9 Å². The van der Waals surface area contributed by atoms with Gasteiger partial charge in [0.15, 0.2) is 0 Å². The summed E-state index contributed by atoms with van der Waals surface area (Å²) in [5.41, 5.74) is 1.83. The van der Waals surface area contributed by atoms with Crippen LogP contribution in [0.5, 0.6) is 0 Å². The van der Waals surface area contributed by atoms with Gasteiger partial charge in [-0.3, -0.25) is 9.59 Å². The van der Waals surface area contributed by atoms with Gasteiger partial charge in [-0.05, 0) is 90.5 Å². The molecule has 2 aliphatic rings. The Balaban J connectivity index is 1.45. The first-order valence-electron chi connectivity index (χ1n) is 12.3. The number of hydrogen-bond donors (Lipinski definition) is 2. The number of hydrogen-bond acceptors (Lipinski definition) is 6. The number of rotatable bonds is 7. The topological polar surface area (TPSA) is 105 Å². The van der Waals surface area contributed by atoms with Crippen LogP contribution in [0.2, 0.25) is 0 Å². The van der Waals surface area contributed by atoms with E-state index in [0.717, 1.165) is 37.3 Å². The third-order valence-corrected chi connectivity index (χ3v) is 9.10. The molecule has 0 bridgehead atoms. The second-order valence-corrected chi connectivity index (χ2v) is 12.8. The maximum absolute atomic E-state index is 12.8. The van der Waals surface area contributed by atoms with E-state index in [9.17, 15) is 18.0 Å². The van der Waals surface area contributed by atoms with Gasteiger partial charge in [-0.15, -0.1) is 0 Å². The molecule has 1 aliphatic carbocycles. The van der Waals surface area contributed by atoms with Crippen LogP contribution in [0.25, 0.3) is 0 Å². The molecule has 9 heteroatoms. The Bertz CT molecular complexity index is 940. The standard InChI is InChI=1S/C25H39N3O5S/c1-5-33-24(30)19-14-16-28(17-15-19)22-12-10-20(11-13-22)26-23(29)18-6-8-21(9-7-18)27-34(31,32)25(2,3)4/h10-13,18-19,21,27H,5-9,14-17H2,1-4H3,(H,26,29).